The molecule has 2 unspecified atom stereocenters. The van der Waals surface area contributed by atoms with E-state index in [2.05, 4.69) is 4.98 Å². The highest BCUT2D eigenvalue weighted by atomic mass is 16.5. The largest absolute Gasteiger partial charge is 0.487 e. The first-order valence-electron chi connectivity index (χ1n) is 6.69. The predicted octanol–water partition coefficient (Wildman–Crippen LogP) is 3.37. The number of carbonyl (C=O) groups is 1. The summed E-state index contributed by atoms with van der Waals surface area (Å²) in [6.07, 6.45) is 3.06. The average molecular weight is 255 g/mol. The number of rotatable bonds is 3. The number of nitrogens with zero attached hydrogens (tertiary/aromatic N) is 1. The molecule has 3 rings (SSSR count). The number of hydrogen-bond acceptors (Lipinski definition) is 3. The Morgan fingerprint density at radius 1 is 1.37 bits per heavy atom. The van der Waals surface area contributed by atoms with Gasteiger partial charge < -0.3 is 4.74 Å². The van der Waals surface area contributed by atoms with Crippen LogP contribution in [0.2, 0.25) is 0 Å². The Morgan fingerprint density at radius 3 is 2.89 bits per heavy atom. The van der Waals surface area contributed by atoms with Crippen LogP contribution in [0.25, 0.3) is 10.9 Å². The van der Waals surface area contributed by atoms with Crippen molar-refractivity contribution < 1.29 is 9.53 Å². The molecule has 98 valence electrons. The minimum atomic E-state index is -0.336. The van der Waals surface area contributed by atoms with Gasteiger partial charge in [-0.25, -0.2) is 0 Å². The maximum Gasteiger partial charge on any atom is 0.146 e. The van der Waals surface area contributed by atoms with E-state index in [0.717, 1.165) is 23.1 Å². The van der Waals surface area contributed by atoms with Gasteiger partial charge in [0.05, 0.1) is 5.41 Å². The minimum absolute atomic E-state index is 0.0300. The van der Waals surface area contributed by atoms with Gasteiger partial charge in [0.1, 0.15) is 23.2 Å². The van der Waals surface area contributed by atoms with Crippen molar-refractivity contribution >= 4 is 16.7 Å². The molecule has 1 aromatic carbocycles. The zero-order valence-electron chi connectivity index (χ0n) is 11.2. The van der Waals surface area contributed by atoms with Gasteiger partial charge in [0.25, 0.3) is 0 Å². The summed E-state index contributed by atoms with van der Waals surface area (Å²) in [6, 6.07) is 9.83. The number of benzene rings is 1. The Bertz CT molecular complexity index is 632. The zero-order valence-corrected chi connectivity index (χ0v) is 11.2. The second-order valence-corrected chi connectivity index (χ2v) is 5.34. The predicted molar refractivity (Wildman–Crippen MR) is 74.2 cm³/mol. The lowest BCUT2D eigenvalue weighted by atomic mass is 9.64. The van der Waals surface area contributed by atoms with Crippen molar-refractivity contribution in [2.75, 3.05) is 0 Å². The molecule has 0 bridgehead atoms. The first-order valence-corrected chi connectivity index (χ1v) is 6.69. The number of aromatic nitrogens is 1. The van der Waals surface area contributed by atoms with Gasteiger partial charge in [-0.2, -0.15) is 0 Å². The summed E-state index contributed by atoms with van der Waals surface area (Å²) < 4.78 is 6.06. The van der Waals surface area contributed by atoms with Crippen LogP contribution in [-0.4, -0.2) is 16.9 Å². The van der Waals surface area contributed by atoms with E-state index in [-0.39, 0.29) is 11.5 Å². The number of ether oxygens (including phenoxy) is 1. The van der Waals surface area contributed by atoms with Crippen LogP contribution in [0.3, 0.4) is 0 Å². The Balaban J connectivity index is 1.93. The molecule has 3 heteroatoms. The molecule has 0 aliphatic heterocycles. The van der Waals surface area contributed by atoms with Crippen molar-refractivity contribution in [3.8, 4) is 5.75 Å². The van der Waals surface area contributed by atoms with Crippen LogP contribution in [0.4, 0.5) is 0 Å². The second kappa shape index (κ2) is 4.34. The smallest absolute Gasteiger partial charge is 0.146 e. The maximum atomic E-state index is 11.8. The molecule has 3 nitrogen and oxygen atoms in total. The van der Waals surface area contributed by atoms with Gasteiger partial charge in [0.15, 0.2) is 0 Å². The molecule has 0 radical (unpaired) electrons. The molecule has 2 atom stereocenters. The third kappa shape index (κ3) is 1.81. The minimum Gasteiger partial charge on any atom is -0.487 e. The molecule has 1 heterocycles. The van der Waals surface area contributed by atoms with Crippen LogP contribution in [0, 0.1) is 5.41 Å². The lowest BCUT2D eigenvalue weighted by Gasteiger charge is -2.44. The van der Waals surface area contributed by atoms with Crippen molar-refractivity contribution in [3.63, 3.8) is 0 Å². The Labute approximate surface area is 112 Å². The molecule has 19 heavy (non-hydrogen) atoms. The molecule has 0 amide bonds. The molecule has 1 aromatic heterocycles. The number of Topliss-reactive ketones (excluding diaryl/α,β-unsaturated/α-hetero) is 1. The zero-order chi connectivity index (χ0) is 13.5. The van der Waals surface area contributed by atoms with Crippen molar-refractivity contribution in [3.05, 3.63) is 36.5 Å². The van der Waals surface area contributed by atoms with Crippen molar-refractivity contribution in [2.45, 2.75) is 32.8 Å². The highest BCUT2D eigenvalue weighted by Crippen LogP contribution is 2.43. The molecule has 0 N–H and O–H groups in total. The van der Waals surface area contributed by atoms with Crippen LogP contribution < -0.4 is 4.74 Å². The molecule has 1 aliphatic carbocycles. The number of pyridine rings is 1. The molecular formula is C16H17NO2. The fourth-order valence-corrected chi connectivity index (χ4v) is 2.60. The van der Waals surface area contributed by atoms with E-state index in [1.807, 2.05) is 44.2 Å². The van der Waals surface area contributed by atoms with Crippen molar-refractivity contribution in [1.29, 1.82) is 0 Å². The van der Waals surface area contributed by atoms with E-state index >= 15 is 0 Å². The third-order valence-corrected chi connectivity index (χ3v) is 4.32. The summed E-state index contributed by atoms with van der Waals surface area (Å²) in [5, 5.41) is 1.06. The molecule has 0 saturated heterocycles. The van der Waals surface area contributed by atoms with Gasteiger partial charge in [0, 0.05) is 18.0 Å². The number of hydrogen-bond donors (Lipinski definition) is 0. The molecule has 0 spiro atoms. The van der Waals surface area contributed by atoms with E-state index in [1.165, 1.54) is 0 Å². The average Bonchev–Trinajstić information content (AvgIpc) is 2.46. The van der Waals surface area contributed by atoms with Crippen LogP contribution in [0.15, 0.2) is 36.5 Å². The number of fused-ring (bicyclic) bond motifs is 1. The van der Waals surface area contributed by atoms with E-state index in [4.69, 9.17) is 4.74 Å². The van der Waals surface area contributed by atoms with E-state index in [0.29, 0.717) is 12.2 Å². The molecule has 1 aliphatic rings. The summed E-state index contributed by atoms with van der Waals surface area (Å²) in [5.74, 6) is 1.07. The Kier molecular flexibility index (Phi) is 2.77. The number of carbonyl (C=O) groups excluding carboxylic acids is 1. The highest BCUT2D eigenvalue weighted by molar-refractivity contribution is 5.92. The normalized spacial score (nSPS) is 26.2. The van der Waals surface area contributed by atoms with Crippen LogP contribution in [0.5, 0.6) is 5.75 Å². The SMILES string of the molecule is CCC1(C)C(=O)CC1Oc1cccc2cccnc12. The van der Waals surface area contributed by atoms with Gasteiger partial charge in [0.2, 0.25) is 0 Å². The van der Waals surface area contributed by atoms with Gasteiger partial charge >= 0.3 is 0 Å². The summed E-state index contributed by atoms with van der Waals surface area (Å²) in [5.41, 5.74) is 0.527. The number of para-hydroxylation sites is 1. The van der Waals surface area contributed by atoms with Gasteiger partial charge in [-0.1, -0.05) is 25.1 Å². The Morgan fingerprint density at radius 2 is 2.16 bits per heavy atom. The molecule has 1 fully saturated rings. The van der Waals surface area contributed by atoms with Gasteiger partial charge in [-0.15, -0.1) is 0 Å². The Hall–Kier alpha value is -1.90. The van der Waals surface area contributed by atoms with E-state index < -0.39 is 0 Å². The summed E-state index contributed by atoms with van der Waals surface area (Å²) >= 11 is 0. The maximum absolute atomic E-state index is 11.8. The van der Waals surface area contributed by atoms with Crippen LogP contribution >= 0.6 is 0 Å². The quantitative estimate of drug-likeness (QED) is 0.844. The molecule has 1 saturated carbocycles. The summed E-state index contributed by atoms with van der Waals surface area (Å²) in [7, 11) is 0. The topological polar surface area (TPSA) is 39.2 Å². The fourth-order valence-electron chi connectivity index (χ4n) is 2.60. The first-order chi connectivity index (χ1) is 9.15. The standard InChI is InChI=1S/C16H17NO2/c1-3-16(2)13(18)10-14(16)19-12-8-4-6-11-7-5-9-17-15(11)12/h4-9,14H,3,10H2,1-2H3. The molecular weight excluding hydrogens is 238 g/mol. The summed E-state index contributed by atoms with van der Waals surface area (Å²) in [4.78, 5) is 16.1. The van der Waals surface area contributed by atoms with Crippen LogP contribution in [0.1, 0.15) is 26.7 Å². The van der Waals surface area contributed by atoms with Crippen molar-refractivity contribution in [2.24, 2.45) is 5.41 Å². The lowest BCUT2D eigenvalue weighted by Crippen LogP contribution is -2.54. The van der Waals surface area contributed by atoms with E-state index in [9.17, 15) is 4.79 Å². The van der Waals surface area contributed by atoms with E-state index in [1.54, 1.807) is 6.20 Å². The monoisotopic (exact) mass is 255 g/mol. The lowest BCUT2D eigenvalue weighted by molar-refractivity contribution is -0.150. The van der Waals surface area contributed by atoms with Gasteiger partial charge in [-0.3, -0.25) is 9.78 Å². The number of ketones is 1. The summed E-state index contributed by atoms with van der Waals surface area (Å²) in [6.45, 7) is 4.02. The highest BCUT2D eigenvalue weighted by Gasteiger charge is 2.51. The van der Waals surface area contributed by atoms with Gasteiger partial charge in [-0.05, 0) is 25.5 Å². The van der Waals surface area contributed by atoms with Crippen LogP contribution in [-0.2, 0) is 4.79 Å². The third-order valence-electron chi connectivity index (χ3n) is 4.32. The first kappa shape index (κ1) is 12.2. The molecule has 2 aromatic rings. The second-order valence-electron chi connectivity index (χ2n) is 5.34. The van der Waals surface area contributed by atoms with Crippen molar-refractivity contribution in [1.82, 2.24) is 4.98 Å². The fraction of sp³-hybridized carbons (Fsp3) is 0.375.